The van der Waals surface area contributed by atoms with Gasteiger partial charge in [-0.05, 0) is 18.6 Å². The molecule has 0 radical (unpaired) electrons. The van der Waals surface area contributed by atoms with Gasteiger partial charge in [-0.1, -0.05) is 63.4 Å². The summed E-state index contributed by atoms with van der Waals surface area (Å²) in [7, 11) is 0. The highest BCUT2D eigenvalue weighted by Gasteiger charge is 1.99. The molecule has 0 spiro atoms. The quantitative estimate of drug-likeness (QED) is 0.540. The predicted molar refractivity (Wildman–Crippen MR) is 81.2 cm³/mol. The van der Waals surface area contributed by atoms with Crippen molar-refractivity contribution in [3.05, 3.63) is 29.8 Å². The van der Waals surface area contributed by atoms with Gasteiger partial charge in [-0.25, -0.2) is 0 Å². The topological polar surface area (TPSA) is 35.2 Å². The Balaban J connectivity index is 2.19. The van der Waals surface area contributed by atoms with E-state index in [0.717, 1.165) is 24.3 Å². The molecule has 0 aliphatic rings. The van der Waals surface area contributed by atoms with E-state index >= 15 is 0 Å². The number of unbranched alkanes of at least 4 members (excludes halogenated alkanes) is 5. The van der Waals surface area contributed by atoms with Crippen LogP contribution in [0.1, 0.15) is 51.0 Å². The van der Waals surface area contributed by atoms with E-state index < -0.39 is 0 Å². The Morgan fingerprint density at radius 1 is 1.17 bits per heavy atom. The van der Waals surface area contributed by atoms with Gasteiger partial charge >= 0.3 is 0 Å². The van der Waals surface area contributed by atoms with Crippen LogP contribution in [0.3, 0.4) is 0 Å². The first-order chi connectivity index (χ1) is 8.74. The van der Waals surface area contributed by atoms with Crippen molar-refractivity contribution < 1.29 is 4.74 Å². The molecule has 1 aromatic carbocycles. The highest BCUT2D eigenvalue weighted by molar-refractivity contribution is 7.80. The van der Waals surface area contributed by atoms with Crippen molar-refractivity contribution in [1.82, 2.24) is 0 Å². The first-order valence-electron chi connectivity index (χ1n) is 6.76. The Hall–Kier alpha value is -1.09. The third-order valence-corrected chi connectivity index (χ3v) is 3.12. The number of hydrogen-bond acceptors (Lipinski definition) is 2. The van der Waals surface area contributed by atoms with E-state index in [1.165, 1.54) is 32.1 Å². The molecule has 0 amide bonds. The van der Waals surface area contributed by atoms with Crippen LogP contribution in [0.5, 0.6) is 5.75 Å². The van der Waals surface area contributed by atoms with Gasteiger partial charge in [-0.15, -0.1) is 0 Å². The second kappa shape index (κ2) is 8.92. The molecule has 0 saturated carbocycles. The van der Waals surface area contributed by atoms with Crippen LogP contribution in [-0.2, 0) is 0 Å². The number of nitrogens with two attached hydrogens (primary N) is 1. The zero-order chi connectivity index (χ0) is 13.2. The van der Waals surface area contributed by atoms with Crippen LogP contribution in [0.4, 0.5) is 0 Å². The SMILES string of the molecule is CCCCCCCCOc1cccc(C(N)=S)c1. The first-order valence-corrected chi connectivity index (χ1v) is 7.17. The van der Waals surface area contributed by atoms with E-state index in [4.69, 9.17) is 22.7 Å². The fourth-order valence-electron chi connectivity index (χ4n) is 1.81. The van der Waals surface area contributed by atoms with Gasteiger partial charge in [0, 0.05) is 5.56 Å². The lowest BCUT2D eigenvalue weighted by Crippen LogP contribution is -2.09. The van der Waals surface area contributed by atoms with Gasteiger partial charge in [0.05, 0.1) is 6.61 Å². The highest BCUT2D eigenvalue weighted by Crippen LogP contribution is 2.14. The predicted octanol–water partition coefficient (Wildman–Crippen LogP) is 4.06. The normalized spacial score (nSPS) is 10.3. The number of ether oxygens (including phenoxy) is 1. The van der Waals surface area contributed by atoms with Gasteiger partial charge in [0.25, 0.3) is 0 Å². The summed E-state index contributed by atoms with van der Waals surface area (Å²) in [6.45, 7) is 3.00. The van der Waals surface area contributed by atoms with Crippen LogP contribution in [0.2, 0.25) is 0 Å². The Bertz CT molecular complexity index is 365. The van der Waals surface area contributed by atoms with Gasteiger partial charge < -0.3 is 10.5 Å². The smallest absolute Gasteiger partial charge is 0.119 e. The summed E-state index contributed by atoms with van der Waals surface area (Å²) >= 11 is 4.94. The van der Waals surface area contributed by atoms with Crippen LogP contribution in [0, 0.1) is 0 Å². The maximum atomic E-state index is 5.69. The maximum absolute atomic E-state index is 5.69. The van der Waals surface area contributed by atoms with Crippen molar-refractivity contribution in [2.24, 2.45) is 5.73 Å². The molecule has 0 saturated heterocycles. The summed E-state index contributed by atoms with van der Waals surface area (Å²) in [5.41, 5.74) is 6.45. The summed E-state index contributed by atoms with van der Waals surface area (Å²) in [6, 6.07) is 7.67. The standard InChI is InChI=1S/C15H23NOS/c1-2-3-4-5-6-7-11-17-14-10-8-9-13(12-14)15(16)18/h8-10,12H,2-7,11H2,1H3,(H2,16,18). The molecule has 0 bridgehead atoms. The molecular formula is C15H23NOS. The van der Waals surface area contributed by atoms with Crippen LogP contribution >= 0.6 is 12.2 Å². The molecule has 0 atom stereocenters. The summed E-state index contributed by atoms with van der Waals surface area (Å²) in [5.74, 6) is 0.855. The lowest BCUT2D eigenvalue weighted by molar-refractivity contribution is 0.304. The lowest BCUT2D eigenvalue weighted by Gasteiger charge is -2.07. The molecule has 2 nitrogen and oxygen atoms in total. The van der Waals surface area contributed by atoms with Crippen molar-refractivity contribution in [3.63, 3.8) is 0 Å². The Morgan fingerprint density at radius 2 is 1.89 bits per heavy atom. The minimum absolute atomic E-state index is 0.417. The number of thiocarbonyl (C=S) groups is 1. The van der Waals surface area contributed by atoms with E-state index in [9.17, 15) is 0 Å². The summed E-state index contributed by atoms with van der Waals surface area (Å²) in [4.78, 5) is 0.417. The van der Waals surface area contributed by atoms with Crippen LogP contribution in [0.25, 0.3) is 0 Å². The number of benzene rings is 1. The molecule has 0 aromatic heterocycles. The number of rotatable bonds is 9. The van der Waals surface area contributed by atoms with Gasteiger partial charge in [-0.3, -0.25) is 0 Å². The molecule has 1 rings (SSSR count). The zero-order valence-electron chi connectivity index (χ0n) is 11.2. The Kier molecular flexibility index (Phi) is 7.42. The minimum atomic E-state index is 0.417. The van der Waals surface area contributed by atoms with E-state index in [-0.39, 0.29) is 0 Å². The number of hydrogen-bond donors (Lipinski definition) is 1. The second-order valence-electron chi connectivity index (χ2n) is 4.51. The molecule has 0 fully saturated rings. The van der Waals surface area contributed by atoms with Crippen LogP contribution < -0.4 is 10.5 Å². The van der Waals surface area contributed by atoms with Crippen molar-refractivity contribution in [3.8, 4) is 5.75 Å². The molecule has 0 unspecified atom stereocenters. The molecule has 1 aromatic rings. The van der Waals surface area contributed by atoms with Crippen LogP contribution in [0.15, 0.2) is 24.3 Å². The monoisotopic (exact) mass is 265 g/mol. The fraction of sp³-hybridized carbons (Fsp3) is 0.533. The average Bonchev–Trinajstić information content (AvgIpc) is 2.38. The van der Waals surface area contributed by atoms with Crippen molar-refractivity contribution in [2.45, 2.75) is 45.4 Å². The average molecular weight is 265 g/mol. The second-order valence-corrected chi connectivity index (χ2v) is 4.95. The van der Waals surface area contributed by atoms with E-state index in [1.54, 1.807) is 0 Å². The third-order valence-electron chi connectivity index (χ3n) is 2.89. The molecule has 2 N–H and O–H groups in total. The van der Waals surface area contributed by atoms with E-state index in [1.807, 2.05) is 24.3 Å². The Morgan fingerprint density at radius 3 is 2.61 bits per heavy atom. The largest absolute Gasteiger partial charge is 0.494 e. The molecule has 3 heteroatoms. The van der Waals surface area contributed by atoms with Gasteiger partial charge in [-0.2, -0.15) is 0 Å². The highest BCUT2D eigenvalue weighted by atomic mass is 32.1. The summed E-state index contributed by atoms with van der Waals surface area (Å²) in [5, 5.41) is 0. The van der Waals surface area contributed by atoms with Crippen molar-refractivity contribution in [2.75, 3.05) is 6.61 Å². The van der Waals surface area contributed by atoms with E-state index in [2.05, 4.69) is 6.92 Å². The molecule has 18 heavy (non-hydrogen) atoms. The minimum Gasteiger partial charge on any atom is -0.494 e. The van der Waals surface area contributed by atoms with Gasteiger partial charge in [0.15, 0.2) is 0 Å². The fourth-order valence-corrected chi connectivity index (χ4v) is 1.94. The summed E-state index contributed by atoms with van der Waals surface area (Å²) < 4.78 is 5.69. The molecule has 0 aliphatic carbocycles. The zero-order valence-corrected chi connectivity index (χ0v) is 12.0. The lowest BCUT2D eigenvalue weighted by atomic mass is 10.1. The molecule has 0 aliphatic heterocycles. The van der Waals surface area contributed by atoms with Crippen molar-refractivity contribution in [1.29, 1.82) is 0 Å². The third kappa shape index (κ3) is 6.01. The summed E-state index contributed by atoms with van der Waals surface area (Å²) in [6.07, 6.45) is 7.65. The maximum Gasteiger partial charge on any atom is 0.119 e. The van der Waals surface area contributed by atoms with Crippen molar-refractivity contribution >= 4 is 17.2 Å². The van der Waals surface area contributed by atoms with Crippen LogP contribution in [-0.4, -0.2) is 11.6 Å². The Labute approximate surface area is 116 Å². The molecule has 100 valence electrons. The molecule has 0 heterocycles. The van der Waals surface area contributed by atoms with Gasteiger partial charge in [0.1, 0.15) is 10.7 Å². The van der Waals surface area contributed by atoms with E-state index in [0.29, 0.717) is 4.99 Å². The first kappa shape index (κ1) is 15.0. The molecular weight excluding hydrogens is 242 g/mol. The van der Waals surface area contributed by atoms with Gasteiger partial charge in [0.2, 0.25) is 0 Å².